The van der Waals surface area contributed by atoms with Gasteiger partial charge >= 0.3 is 6.55 Å². The highest BCUT2D eigenvalue weighted by Gasteiger charge is 2.29. The van der Waals surface area contributed by atoms with E-state index >= 15 is 0 Å². The molecule has 0 unspecified atom stereocenters. The maximum absolute atomic E-state index is 14.8. The fourth-order valence-corrected chi connectivity index (χ4v) is 4.34. The molecule has 3 aromatic heterocycles. The highest BCUT2D eigenvalue weighted by molar-refractivity contribution is 5.74. The Kier molecular flexibility index (Phi) is 5.87. The molecule has 35 heavy (non-hydrogen) atoms. The minimum Gasteiger partial charge on any atom is -0.373 e. The van der Waals surface area contributed by atoms with E-state index < -0.39 is 24.3 Å². The van der Waals surface area contributed by atoms with Gasteiger partial charge in [0.2, 0.25) is 0 Å². The van der Waals surface area contributed by atoms with Gasteiger partial charge in [-0.15, -0.1) is 0 Å². The third kappa shape index (κ3) is 4.20. The molecule has 4 aromatic rings. The second-order valence-corrected chi connectivity index (χ2v) is 8.57. The number of hydrogen-bond donors (Lipinski definition) is 0. The molecule has 0 spiro atoms. The molecule has 1 saturated heterocycles. The predicted octanol–water partition coefficient (Wildman–Crippen LogP) is 4.88. The molecule has 0 bridgehead atoms. The number of aromatic nitrogens is 5. The zero-order valence-electron chi connectivity index (χ0n) is 18.9. The van der Waals surface area contributed by atoms with Crippen molar-refractivity contribution in [2.24, 2.45) is 0 Å². The standard InChI is InChI=1S/C24H21F4N5O2/c1-12-13(2)30-22-21(17-4-3-16(25)8-18(17)26)31-19(11-32(22)23(12)34)14-5-6-35-20(7-14)15-9-29-33(10-15)24(27)28/h3-4,8-11,14,20,24H,5-7H2,1-2H3/t14-,20+/m0/s1. The van der Waals surface area contributed by atoms with Crippen LogP contribution in [0.25, 0.3) is 16.9 Å². The van der Waals surface area contributed by atoms with Crippen molar-refractivity contribution >= 4 is 5.65 Å². The van der Waals surface area contributed by atoms with Crippen LogP contribution in [0, 0.1) is 25.5 Å². The van der Waals surface area contributed by atoms with Gasteiger partial charge in [0, 0.05) is 53.4 Å². The SMILES string of the molecule is Cc1nc2c(-c3ccc(F)cc3F)nc([C@H]3CCO[C@@H](c4cnn(C(F)F)c4)C3)cn2c(=O)c1C. The highest BCUT2D eigenvalue weighted by Crippen LogP contribution is 2.38. The summed E-state index contributed by atoms with van der Waals surface area (Å²) in [5, 5.41) is 3.67. The minimum atomic E-state index is -2.76. The summed E-state index contributed by atoms with van der Waals surface area (Å²) in [7, 11) is 0. The van der Waals surface area contributed by atoms with Crippen LogP contribution in [-0.2, 0) is 4.74 Å². The fraction of sp³-hybridized carbons (Fsp3) is 0.333. The molecule has 0 aliphatic carbocycles. The quantitative estimate of drug-likeness (QED) is 0.384. The lowest BCUT2D eigenvalue weighted by molar-refractivity contribution is 0.00407. The Morgan fingerprint density at radius 1 is 1.14 bits per heavy atom. The molecule has 1 fully saturated rings. The molecule has 2 atom stereocenters. The molecule has 0 N–H and O–H groups in total. The summed E-state index contributed by atoms with van der Waals surface area (Å²) < 4.78 is 62.0. The van der Waals surface area contributed by atoms with Crippen LogP contribution < -0.4 is 5.56 Å². The van der Waals surface area contributed by atoms with E-state index in [2.05, 4.69) is 15.1 Å². The topological polar surface area (TPSA) is 74.3 Å². The van der Waals surface area contributed by atoms with E-state index in [4.69, 9.17) is 4.74 Å². The molecule has 1 aromatic carbocycles. The smallest absolute Gasteiger partial charge is 0.333 e. The Morgan fingerprint density at radius 3 is 2.66 bits per heavy atom. The fourth-order valence-electron chi connectivity index (χ4n) is 4.34. The summed E-state index contributed by atoms with van der Waals surface area (Å²) >= 11 is 0. The lowest BCUT2D eigenvalue weighted by Crippen LogP contribution is -2.24. The molecule has 0 saturated carbocycles. The Balaban J connectivity index is 1.62. The summed E-state index contributed by atoms with van der Waals surface area (Å²) in [6.45, 7) is 0.901. The van der Waals surface area contributed by atoms with Crippen LogP contribution in [0.1, 0.15) is 53.9 Å². The van der Waals surface area contributed by atoms with E-state index in [0.29, 0.717) is 46.6 Å². The molecule has 0 amide bonds. The monoisotopic (exact) mass is 487 g/mol. The van der Waals surface area contributed by atoms with Gasteiger partial charge in [0.25, 0.3) is 5.56 Å². The first-order valence-corrected chi connectivity index (χ1v) is 11.0. The summed E-state index contributed by atoms with van der Waals surface area (Å²) in [5.41, 5.74) is 1.90. The van der Waals surface area contributed by atoms with Crippen LogP contribution in [0.2, 0.25) is 0 Å². The highest BCUT2D eigenvalue weighted by atomic mass is 19.3. The van der Waals surface area contributed by atoms with Crippen LogP contribution in [-0.4, -0.2) is 30.8 Å². The van der Waals surface area contributed by atoms with Crippen LogP contribution >= 0.6 is 0 Å². The number of benzene rings is 1. The van der Waals surface area contributed by atoms with Gasteiger partial charge in [0.05, 0.1) is 18.0 Å². The number of fused-ring (bicyclic) bond motifs is 1. The van der Waals surface area contributed by atoms with Crippen molar-refractivity contribution in [3.05, 3.63) is 81.3 Å². The molecule has 5 rings (SSSR count). The van der Waals surface area contributed by atoms with Gasteiger partial charge < -0.3 is 4.74 Å². The van der Waals surface area contributed by atoms with Gasteiger partial charge in [-0.25, -0.2) is 23.4 Å². The van der Waals surface area contributed by atoms with Gasteiger partial charge in [0.15, 0.2) is 5.65 Å². The first-order valence-electron chi connectivity index (χ1n) is 11.0. The maximum atomic E-state index is 14.8. The number of alkyl halides is 2. The maximum Gasteiger partial charge on any atom is 0.333 e. The molecular weight excluding hydrogens is 466 g/mol. The van der Waals surface area contributed by atoms with Gasteiger partial charge in [-0.3, -0.25) is 9.20 Å². The third-order valence-corrected chi connectivity index (χ3v) is 6.38. The van der Waals surface area contributed by atoms with Crippen molar-refractivity contribution in [3.63, 3.8) is 0 Å². The summed E-state index contributed by atoms with van der Waals surface area (Å²) in [6, 6.07) is 3.14. The van der Waals surface area contributed by atoms with E-state index in [-0.39, 0.29) is 28.4 Å². The Hall–Kier alpha value is -3.60. The average molecular weight is 487 g/mol. The molecule has 4 heterocycles. The van der Waals surface area contributed by atoms with E-state index in [0.717, 1.165) is 12.1 Å². The summed E-state index contributed by atoms with van der Waals surface area (Å²) in [4.78, 5) is 22.2. The Morgan fingerprint density at radius 2 is 1.94 bits per heavy atom. The number of nitrogens with zero attached hydrogens (tertiary/aromatic N) is 5. The van der Waals surface area contributed by atoms with Gasteiger partial charge in [0.1, 0.15) is 17.3 Å². The van der Waals surface area contributed by atoms with E-state index in [1.165, 1.54) is 22.9 Å². The Bertz CT molecular complexity index is 1480. The number of halogens is 4. The molecule has 1 aliphatic heterocycles. The lowest BCUT2D eigenvalue weighted by atomic mass is 9.90. The summed E-state index contributed by atoms with van der Waals surface area (Å²) in [6.07, 6.45) is 4.61. The second kappa shape index (κ2) is 8.88. The number of hydrogen-bond acceptors (Lipinski definition) is 5. The minimum absolute atomic E-state index is 0.0164. The van der Waals surface area contributed by atoms with Crippen molar-refractivity contribution in [2.45, 2.75) is 45.3 Å². The first-order chi connectivity index (χ1) is 16.7. The molecule has 1 aliphatic rings. The number of ether oxygens (including phenoxy) is 1. The average Bonchev–Trinajstić information content (AvgIpc) is 3.34. The first kappa shape index (κ1) is 23.2. The van der Waals surface area contributed by atoms with Crippen molar-refractivity contribution in [1.82, 2.24) is 24.1 Å². The second-order valence-electron chi connectivity index (χ2n) is 8.57. The van der Waals surface area contributed by atoms with Crippen molar-refractivity contribution in [3.8, 4) is 11.3 Å². The van der Waals surface area contributed by atoms with E-state index in [1.807, 2.05) is 0 Å². The van der Waals surface area contributed by atoms with Gasteiger partial charge in [-0.2, -0.15) is 13.9 Å². The van der Waals surface area contributed by atoms with Gasteiger partial charge in [-0.1, -0.05) is 0 Å². The van der Waals surface area contributed by atoms with E-state index in [9.17, 15) is 22.4 Å². The van der Waals surface area contributed by atoms with Crippen LogP contribution in [0.15, 0.2) is 41.6 Å². The van der Waals surface area contributed by atoms with Crippen molar-refractivity contribution < 1.29 is 22.3 Å². The van der Waals surface area contributed by atoms with Crippen LogP contribution in [0.3, 0.4) is 0 Å². The summed E-state index contributed by atoms with van der Waals surface area (Å²) in [5.74, 6) is -1.78. The van der Waals surface area contributed by atoms with Crippen LogP contribution in [0.5, 0.6) is 0 Å². The molecule has 0 radical (unpaired) electrons. The lowest BCUT2D eigenvalue weighted by Gasteiger charge is -2.29. The number of rotatable bonds is 4. The predicted molar refractivity (Wildman–Crippen MR) is 118 cm³/mol. The van der Waals surface area contributed by atoms with Crippen molar-refractivity contribution in [2.75, 3.05) is 6.61 Å². The third-order valence-electron chi connectivity index (χ3n) is 6.38. The molecule has 11 heteroatoms. The van der Waals surface area contributed by atoms with Crippen LogP contribution in [0.4, 0.5) is 17.6 Å². The van der Waals surface area contributed by atoms with Crippen molar-refractivity contribution in [1.29, 1.82) is 0 Å². The molecular formula is C24H21F4N5O2. The normalized spacial score (nSPS) is 18.5. The Labute approximate surface area is 197 Å². The number of aryl methyl sites for hydroxylation is 1. The molecule has 182 valence electrons. The molecule has 7 nitrogen and oxygen atoms in total. The van der Waals surface area contributed by atoms with E-state index in [1.54, 1.807) is 20.0 Å². The largest absolute Gasteiger partial charge is 0.373 e. The zero-order chi connectivity index (χ0) is 24.9. The zero-order valence-corrected chi connectivity index (χ0v) is 18.9. The van der Waals surface area contributed by atoms with Gasteiger partial charge in [-0.05, 0) is 38.8 Å².